The second kappa shape index (κ2) is 5.08. The van der Waals surface area contributed by atoms with Crippen molar-refractivity contribution in [2.45, 2.75) is 6.61 Å². The molecule has 0 radical (unpaired) electrons. The van der Waals surface area contributed by atoms with E-state index in [-0.39, 0.29) is 24.3 Å². The molecule has 3 aromatic rings. The van der Waals surface area contributed by atoms with Gasteiger partial charge in [0.2, 0.25) is 5.88 Å². The number of pyridine rings is 1. The lowest BCUT2D eigenvalue weighted by Crippen LogP contribution is -2.00. The Balaban J connectivity index is 1.84. The fourth-order valence-electron chi connectivity index (χ4n) is 1.78. The molecule has 0 saturated carbocycles. The third-order valence-electron chi connectivity index (χ3n) is 2.72. The number of halogens is 1. The maximum Gasteiger partial charge on any atom is 0.320 e. The first-order valence-corrected chi connectivity index (χ1v) is 5.90. The zero-order valence-electron chi connectivity index (χ0n) is 10.3. The minimum atomic E-state index is -0.336. The van der Waals surface area contributed by atoms with E-state index in [1.54, 1.807) is 24.4 Å². The average molecular weight is 271 g/mol. The molecule has 3 rings (SSSR count). The lowest BCUT2D eigenvalue weighted by molar-refractivity contribution is 0.277. The molecule has 0 aliphatic rings. The van der Waals surface area contributed by atoms with Crippen molar-refractivity contribution in [1.82, 2.24) is 15.0 Å². The number of aromatic hydroxyl groups is 1. The van der Waals surface area contributed by atoms with E-state index in [4.69, 9.17) is 4.74 Å². The predicted molar refractivity (Wildman–Crippen MR) is 69.7 cm³/mol. The van der Waals surface area contributed by atoms with Gasteiger partial charge in [-0.25, -0.2) is 4.39 Å². The number of benzene rings is 1. The van der Waals surface area contributed by atoms with Gasteiger partial charge in [-0.1, -0.05) is 12.1 Å². The predicted octanol–water partition coefficient (Wildman–Crippen LogP) is 2.45. The van der Waals surface area contributed by atoms with Crippen LogP contribution in [-0.2, 0) is 6.61 Å². The third kappa shape index (κ3) is 2.49. The van der Waals surface area contributed by atoms with Gasteiger partial charge in [-0.05, 0) is 23.8 Å². The van der Waals surface area contributed by atoms with Crippen molar-refractivity contribution in [3.8, 4) is 11.9 Å². The molecule has 5 nitrogen and oxygen atoms in total. The molecule has 0 bridgehead atoms. The van der Waals surface area contributed by atoms with Crippen LogP contribution in [-0.4, -0.2) is 20.1 Å². The number of fused-ring (bicyclic) bond motifs is 1. The summed E-state index contributed by atoms with van der Waals surface area (Å²) in [5, 5.41) is 10.3. The zero-order chi connectivity index (χ0) is 13.9. The molecule has 1 N–H and O–H groups in total. The second-order valence-electron chi connectivity index (χ2n) is 4.14. The highest BCUT2D eigenvalue weighted by molar-refractivity contribution is 5.82. The van der Waals surface area contributed by atoms with Gasteiger partial charge in [0, 0.05) is 6.20 Å². The molecule has 6 heteroatoms. The van der Waals surface area contributed by atoms with Crippen molar-refractivity contribution in [1.29, 1.82) is 0 Å². The highest BCUT2D eigenvalue weighted by Crippen LogP contribution is 2.22. The van der Waals surface area contributed by atoms with E-state index in [1.807, 2.05) is 0 Å². The van der Waals surface area contributed by atoms with E-state index in [0.29, 0.717) is 16.5 Å². The van der Waals surface area contributed by atoms with Crippen LogP contribution in [0.15, 0.2) is 42.7 Å². The van der Waals surface area contributed by atoms with Gasteiger partial charge in [0.1, 0.15) is 12.4 Å². The molecule has 0 saturated heterocycles. The van der Waals surface area contributed by atoms with Crippen LogP contribution in [0, 0.1) is 5.82 Å². The molecular formula is C14H10FN3O2. The van der Waals surface area contributed by atoms with Crippen LogP contribution in [0.5, 0.6) is 11.9 Å². The van der Waals surface area contributed by atoms with Crippen molar-refractivity contribution in [3.63, 3.8) is 0 Å². The molecule has 2 heterocycles. The van der Waals surface area contributed by atoms with Gasteiger partial charge in [-0.2, -0.15) is 9.97 Å². The van der Waals surface area contributed by atoms with E-state index in [9.17, 15) is 9.50 Å². The Bertz CT molecular complexity index is 764. The molecular weight excluding hydrogens is 261 g/mol. The minimum Gasteiger partial charge on any atom is -0.493 e. The van der Waals surface area contributed by atoms with Crippen molar-refractivity contribution in [2.75, 3.05) is 0 Å². The largest absolute Gasteiger partial charge is 0.493 e. The Morgan fingerprint density at radius 3 is 2.95 bits per heavy atom. The Morgan fingerprint density at radius 1 is 1.20 bits per heavy atom. The maximum absolute atomic E-state index is 13.0. The topological polar surface area (TPSA) is 68.1 Å². The van der Waals surface area contributed by atoms with Gasteiger partial charge in [-0.15, -0.1) is 0 Å². The second-order valence-corrected chi connectivity index (χ2v) is 4.14. The molecule has 100 valence electrons. The molecule has 1 aromatic carbocycles. The summed E-state index contributed by atoms with van der Waals surface area (Å²) in [5.74, 6) is -0.510. The maximum atomic E-state index is 13.0. The zero-order valence-corrected chi connectivity index (χ0v) is 10.3. The van der Waals surface area contributed by atoms with E-state index in [0.717, 1.165) is 0 Å². The normalized spacial score (nSPS) is 10.7. The number of ether oxygens (including phenoxy) is 1. The monoisotopic (exact) mass is 271 g/mol. The fraction of sp³-hybridized carbons (Fsp3) is 0.0714. The summed E-state index contributed by atoms with van der Waals surface area (Å²) in [5.41, 5.74) is 1.13. The van der Waals surface area contributed by atoms with Gasteiger partial charge in [0.05, 0.1) is 17.1 Å². The van der Waals surface area contributed by atoms with Crippen molar-refractivity contribution >= 4 is 10.9 Å². The first-order valence-electron chi connectivity index (χ1n) is 5.90. The number of nitrogens with zero attached hydrogens (tertiary/aromatic N) is 3. The van der Waals surface area contributed by atoms with Gasteiger partial charge in [-0.3, -0.25) is 4.98 Å². The van der Waals surface area contributed by atoms with Crippen LogP contribution < -0.4 is 4.74 Å². The van der Waals surface area contributed by atoms with E-state index >= 15 is 0 Å². The Labute approximate surface area is 113 Å². The van der Waals surface area contributed by atoms with E-state index in [1.165, 1.54) is 18.3 Å². The highest BCUT2D eigenvalue weighted by atomic mass is 19.1. The Morgan fingerprint density at radius 2 is 2.10 bits per heavy atom. The molecule has 0 spiro atoms. The van der Waals surface area contributed by atoms with Crippen LogP contribution in [0.3, 0.4) is 0 Å². The summed E-state index contributed by atoms with van der Waals surface area (Å²) in [7, 11) is 0. The molecule has 0 unspecified atom stereocenters. The summed E-state index contributed by atoms with van der Waals surface area (Å²) < 4.78 is 18.4. The Hall–Kier alpha value is -2.76. The molecule has 20 heavy (non-hydrogen) atoms. The smallest absolute Gasteiger partial charge is 0.320 e. The van der Waals surface area contributed by atoms with Gasteiger partial charge in [0.25, 0.3) is 0 Å². The fourth-order valence-corrected chi connectivity index (χ4v) is 1.78. The molecule has 0 amide bonds. The number of hydrogen-bond donors (Lipinski definition) is 1. The van der Waals surface area contributed by atoms with Crippen molar-refractivity contribution in [2.24, 2.45) is 0 Å². The standard InChI is InChI=1S/C14H10FN3O2/c15-10-3-1-2-9(6-10)8-20-14-17-12-7-16-5-4-11(12)13(19)18-14/h1-7H,8H2,(H,17,18,19). The average Bonchev–Trinajstić information content (AvgIpc) is 2.45. The molecule has 0 fully saturated rings. The van der Waals surface area contributed by atoms with Crippen LogP contribution in [0.2, 0.25) is 0 Å². The highest BCUT2D eigenvalue weighted by Gasteiger charge is 2.07. The minimum absolute atomic E-state index is 0.0206. The van der Waals surface area contributed by atoms with Crippen molar-refractivity contribution < 1.29 is 14.2 Å². The lowest BCUT2D eigenvalue weighted by Gasteiger charge is -2.06. The SMILES string of the molecule is Oc1nc(OCc2cccc(F)c2)nc2cnccc12. The van der Waals surface area contributed by atoms with Crippen LogP contribution in [0.1, 0.15) is 5.56 Å². The molecule has 2 aromatic heterocycles. The van der Waals surface area contributed by atoms with Gasteiger partial charge >= 0.3 is 6.01 Å². The third-order valence-corrected chi connectivity index (χ3v) is 2.72. The van der Waals surface area contributed by atoms with Gasteiger partial charge < -0.3 is 9.84 Å². The first-order chi connectivity index (χ1) is 9.72. The first kappa shape index (κ1) is 12.3. The van der Waals surface area contributed by atoms with E-state index < -0.39 is 0 Å². The summed E-state index contributed by atoms with van der Waals surface area (Å²) in [4.78, 5) is 11.9. The molecule has 0 aliphatic carbocycles. The molecule has 0 aliphatic heterocycles. The van der Waals surface area contributed by atoms with Crippen molar-refractivity contribution in [3.05, 3.63) is 54.1 Å². The van der Waals surface area contributed by atoms with E-state index in [2.05, 4.69) is 15.0 Å². The summed E-state index contributed by atoms with van der Waals surface area (Å²) >= 11 is 0. The Kier molecular flexibility index (Phi) is 3.12. The van der Waals surface area contributed by atoms with Crippen LogP contribution in [0.4, 0.5) is 4.39 Å². The summed E-state index contributed by atoms with van der Waals surface area (Å²) in [6.07, 6.45) is 3.05. The lowest BCUT2D eigenvalue weighted by atomic mass is 10.2. The molecule has 0 atom stereocenters. The number of aromatic nitrogens is 3. The number of rotatable bonds is 3. The van der Waals surface area contributed by atoms with Crippen LogP contribution >= 0.6 is 0 Å². The summed E-state index contributed by atoms with van der Waals surface area (Å²) in [6, 6.07) is 7.67. The van der Waals surface area contributed by atoms with Crippen LogP contribution in [0.25, 0.3) is 10.9 Å². The quantitative estimate of drug-likeness (QED) is 0.792. The summed E-state index contributed by atoms with van der Waals surface area (Å²) in [6.45, 7) is 0.114. The van der Waals surface area contributed by atoms with Gasteiger partial charge in [0.15, 0.2) is 0 Å². The number of hydrogen-bond acceptors (Lipinski definition) is 5.